The van der Waals surface area contributed by atoms with Crippen LogP contribution in [0, 0.1) is 0 Å². The highest BCUT2D eigenvalue weighted by Crippen LogP contribution is 2.51. The van der Waals surface area contributed by atoms with E-state index in [1.165, 1.54) is 0 Å². The van der Waals surface area contributed by atoms with Crippen LogP contribution in [-0.2, 0) is 5.60 Å². The van der Waals surface area contributed by atoms with Gasteiger partial charge in [-0.1, -0.05) is 70.5 Å². The van der Waals surface area contributed by atoms with Crippen molar-refractivity contribution >= 4 is 37.6 Å². The van der Waals surface area contributed by atoms with Crippen LogP contribution in [-0.4, -0.2) is 23.7 Å². The average Bonchev–Trinajstić information content (AvgIpc) is 2.87. The van der Waals surface area contributed by atoms with Crippen LogP contribution in [0.2, 0.25) is 0 Å². The van der Waals surface area contributed by atoms with Crippen molar-refractivity contribution in [3.05, 3.63) is 112 Å². The lowest BCUT2D eigenvalue weighted by Gasteiger charge is -2.40. The summed E-state index contributed by atoms with van der Waals surface area (Å²) in [6, 6.07) is 30.6. The predicted octanol–water partition coefficient (Wildman–Crippen LogP) is 6.89. The van der Waals surface area contributed by atoms with E-state index in [1.54, 1.807) is 0 Å². The molecule has 1 aromatic heterocycles. The molecule has 2 heterocycles. The van der Waals surface area contributed by atoms with E-state index in [9.17, 15) is 5.11 Å². The van der Waals surface area contributed by atoms with Crippen LogP contribution in [0.1, 0.15) is 29.0 Å². The lowest BCUT2D eigenvalue weighted by molar-refractivity contribution is 0.0110. The van der Waals surface area contributed by atoms with Crippen LogP contribution in [0.15, 0.2) is 95.5 Å². The fraction of sp³-hybridized carbons (Fsp3) is 0.167. The Bertz CT molecular complexity index is 1550. The molecule has 4 aromatic carbocycles. The molecule has 0 amide bonds. The normalized spacial score (nSPS) is 19.1. The maximum atomic E-state index is 12.8. The second-order valence-corrected chi connectivity index (χ2v) is 10.1. The molecule has 35 heavy (non-hydrogen) atoms. The zero-order chi connectivity index (χ0) is 24.0. The van der Waals surface area contributed by atoms with Gasteiger partial charge in [-0.2, -0.15) is 0 Å². The predicted molar refractivity (Wildman–Crippen MR) is 144 cm³/mol. The fourth-order valence-corrected chi connectivity index (χ4v) is 5.73. The number of hydrogen-bond donors (Lipinski definition) is 2. The summed E-state index contributed by atoms with van der Waals surface area (Å²) in [6.45, 7) is 0.654. The zero-order valence-electron chi connectivity index (χ0n) is 19.3. The Kier molecular flexibility index (Phi) is 5.56. The van der Waals surface area contributed by atoms with Gasteiger partial charge < -0.3 is 15.2 Å². The van der Waals surface area contributed by atoms with Gasteiger partial charge in [0, 0.05) is 21.3 Å². The lowest BCUT2D eigenvalue weighted by Crippen LogP contribution is -2.38. The summed E-state index contributed by atoms with van der Waals surface area (Å²) >= 11 is 3.60. The van der Waals surface area contributed by atoms with Gasteiger partial charge in [-0.05, 0) is 78.3 Å². The molecule has 1 aliphatic heterocycles. The highest BCUT2D eigenvalue weighted by atomic mass is 79.9. The second-order valence-electron chi connectivity index (χ2n) is 9.14. The van der Waals surface area contributed by atoms with Crippen molar-refractivity contribution in [2.24, 2.45) is 0 Å². The van der Waals surface area contributed by atoms with Crippen molar-refractivity contribution in [3.8, 4) is 11.6 Å². The highest BCUT2D eigenvalue weighted by Gasteiger charge is 2.44. The monoisotopic (exact) mass is 524 g/mol. The van der Waals surface area contributed by atoms with E-state index in [2.05, 4.69) is 57.6 Å². The molecule has 0 spiro atoms. The van der Waals surface area contributed by atoms with Crippen molar-refractivity contribution in [1.82, 2.24) is 10.3 Å². The Morgan fingerprint density at radius 3 is 2.57 bits per heavy atom. The molecule has 2 N–H and O–H groups in total. The number of nitrogens with zero attached hydrogens (tertiary/aromatic N) is 1. The third-order valence-corrected chi connectivity index (χ3v) is 7.46. The Labute approximate surface area is 212 Å². The second kappa shape index (κ2) is 8.76. The van der Waals surface area contributed by atoms with Gasteiger partial charge in [-0.15, -0.1) is 0 Å². The molecule has 174 valence electrons. The number of hydrogen-bond acceptors (Lipinski definition) is 4. The first-order valence-corrected chi connectivity index (χ1v) is 12.6. The maximum absolute atomic E-state index is 12.8. The standard InChI is InChI=1S/C30H25BrN2O2/c1-32-14-13-30(34)26-18-23(16-20-9-5-6-10-24(20)26)35-29-25(28(30)19-7-3-2-4-8-19)17-21-15-22(31)11-12-27(21)33-29/h2-12,15-18,28,32,34H,13-14H2,1H3. The summed E-state index contributed by atoms with van der Waals surface area (Å²) < 4.78 is 7.47. The summed E-state index contributed by atoms with van der Waals surface area (Å²) in [7, 11) is 1.92. The summed E-state index contributed by atoms with van der Waals surface area (Å²) in [5, 5.41) is 19.1. The molecule has 5 heteroatoms. The number of rotatable bonds is 4. The van der Waals surface area contributed by atoms with Crippen molar-refractivity contribution < 1.29 is 9.84 Å². The van der Waals surface area contributed by atoms with Crippen molar-refractivity contribution in [2.75, 3.05) is 13.6 Å². The first-order valence-electron chi connectivity index (χ1n) is 11.8. The number of pyridine rings is 1. The van der Waals surface area contributed by atoms with E-state index in [-0.39, 0.29) is 5.92 Å². The van der Waals surface area contributed by atoms with Crippen LogP contribution in [0.4, 0.5) is 0 Å². The number of ether oxygens (including phenoxy) is 1. The molecule has 0 radical (unpaired) electrons. The van der Waals surface area contributed by atoms with Gasteiger partial charge in [0.2, 0.25) is 5.88 Å². The molecular formula is C30H25BrN2O2. The average molecular weight is 525 g/mol. The van der Waals surface area contributed by atoms with E-state index in [0.29, 0.717) is 24.6 Å². The molecule has 2 unspecified atom stereocenters. The van der Waals surface area contributed by atoms with Gasteiger partial charge in [-0.25, -0.2) is 4.98 Å². The smallest absolute Gasteiger partial charge is 0.223 e. The molecule has 0 saturated carbocycles. The van der Waals surface area contributed by atoms with E-state index in [1.807, 2.05) is 61.6 Å². The Hall–Kier alpha value is -3.25. The van der Waals surface area contributed by atoms with Crippen molar-refractivity contribution in [1.29, 1.82) is 0 Å². The van der Waals surface area contributed by atoms with Gasteiger partial charge in [0.05, 0.1) is 5.52 Å². The molecule has 5 aromatic rings. The van der Waals surface area contributed by atoms with Crippen LogP contribution in [0.25, 0.3) is 21.7 Å². The minimum atomic E-state index is -1.21. The summed E-state index contributed by atoms with van der Waals surface area (Å²) in [5.41, 5.74) is 2.40. The number of benzene rings is 4. The topological polar surface area (TPSA) is 54.4 Å². The maximum Gasteiger partial charge on any atom is 0.223 e. The van der Waals surface area contributed by atoms with E-state index in [4.69, 9.17) is 9.72 Å². The Morgan fingerprint density at radius 1 is 0.943 bits per heavy atom. The van der Waals surface area contributed by atoms with E-state index in [0.717, 1.165) is 42.8 Å². The molecule has 0 aliphatic carbocycles. The molecular weight excluding hydrogens is 500 g/mol. The van der Waals surface area contributed by atoms with E-state index < -0.39 is 5.60 Å². The minimum absolute atomic E-state index is 0.387. The van der Waals surface area contributed by atoms with Crippen molar-refractivity contribution in [3.63, 3.8) is 0 Å². The molecule has 2 bridgehead atoms. The summed E-state index contributed by atoms with van der Waals surface area (Å²) in [5.74, 6) is 0.817. The van der Waals surface area contributed by atoms with Gasteiger partial charge >= 0.3 is 0 Å². The third kappa shape index (κ3) is 3.80. The minimum Gasteiger partial charge on any atom is -0.439 e. The van der Waals surface area contributed by atoms with Gasteiger partial charge in [-0.3, -0.25) is 0 Å². The molecule has 0 fully saturated rings. The summed E-state index contributed by atoms with van der Waals surface area (Å²) in [4.78, 5) is 4.94. The zero-order valence-corrected chi connectivity index (χ0v) is 20.9. The molecule has 2 atom stereocenters. The number of fused-ring (bicyclic) bond motifs is 6. The number of halogens is 1. The third-order valence-electron chi connectivity index (χ3n) is 6.96. The van der Waals surface area contributed by atoms with Gasteiger partial charge in [0.15, 0.2) is 0 Å². The van der Waals surface area contributed by atoms with Crippen LogP contribution < -0.4 is 10.1 Å². The van der Waals surface area contributed by atoms with Crippen molar-refractivity contribution in [2.45, 2.75) is 17.9 Å². The highest BCUT2D eigenvalue weighted by molar-refractivity contribution is 9.10. The van der Waals surface area contributed by atoms with Crippen LogP contribution in [0.3, 0.4) is 0 Å². The quantitative estimate of drug-likeness (QED) is 0.269. The molecule has 1 aliphatic rings. The van der Waals surface area contributed by atoms with E-state index >= 15 is 0 Å². The molecule has 4 nitrogen and oxygen atoms in total. The SMILES string of the molecule is CNCCC1(O)c2cc(cc3ccccc23)Oc2nc3ccc(Br)cc3cc2C1c1ccccc1. The largest absolute Gasteiger partial charge is 0.439 e. The molecule has 0 saturated heterocycles. The lowest BCUT2D eigenvalue weighted by atomic mass is 9.70. The number of aromatic nitrogens is 1. The van der Waals surface area contributed by atoms with Gasteiger partial charge in [0.25, 0.3) is 0 Å². The first-order chi connectivity index (χ1) is 17.1. The van der Waals surface area contributed by atoms with Crippen LogP contribution in [0.5, 0.6) is 11.6 Å². The molecule has 6 rings (SSSR count). The Morgan fingerprint density at radius 2 is 1.74 bits per heavy atom. The van der Waals surface area contributed by atoms with Crippen LogP contribution >= 0.6 is 15.9 Å². The summed E-state index contributed by atoms with van der Waals surface area (Å²) in [6.07, 6.45) is 0.520. The Balaban J connectivity index is 1.73. The van der Waals surface area contributed by atoms with Gasteiger partial charge in [0.1, 0.15) is 11.4 Å². The fourth-order valence-electron chi connectivity index (χ4n) is 5.35. The first kappa shape index (κ1) is 22.2. The number of aliphatic hydroxyl groups is 1. The number of nitrogens with one attached hydrogen (secondary N) is 1.